The molecule has 5 fully saturated rings. The molecule has 6 nitrogen and oxygen atoms in total. The van der Waals surface area contributed by atoms with Crippen molar-refractivity contribution >= 4 is 22.7 Å². The van der Waals surface area contributed by atoms with Crippen LogP contribution >= 0.6 is 0 Å². The van der Waals surface area contributed by atoms with Crippen molar-refractivity contribution in [1.82, 2.24) is 9.88 Å². The zero-order chi connectivity index (χ0) is 18.9. The summed E-state index contributed by atoms with van der Waals surface area (Å²) in [6.07, 6.45) is 7.55. The van der Waals surface area contributed by atoms with Gasteiger partial charge in [-0.3, -0.25) is 9.78 Å². The molecule has 6 heteroatoms. The summed E-state index contributed by atoms with van der Waals surface area (Å²) in [5, 5.41) is 0. The predicted octanol–water partition coefficient (Wildman–Crippen LogP) is 2.99. The number of oxazole rings is 1. The number of aromatic nitrogens is 1. The van der Waals surface area contributed by atoms with Crippen molar-refractivity contribution < 1.29 is 9.21 Å². The van der Waals surface area contributed by atoms with Crippen LogP contribution in [0.2, 0.25) is 0 Å². The van der Waals surface area contributed by atoms with Gasteiger partial charge >= 0.3 is 5.76 Å². The van der Waals surface area contributed by atoms with E-state index in [0.717, 1.165) is 74.4 Å². The van der Waals surface area contributed by atoms with Gasteiger partial charge in [-0.2, -0.15) is 0 Å². The summed E-state index contributed by atoms with van der Waals surface area (Å²) in [5.74, 6) is 2.44. The Morgan fingerprint density at radius 2 is 1.64 bits per heavy atom. The Labute approximate surface area is 163 Å². The molecule has 1 aromatic heterocycles. The average Bonchev–Trinajstić information content (AvgIpc) is 3.05. The van der Waals surface area contributed by atoms with E-state index in [2.05, 4.69) is 14.8 Å². The van der Waals surface area contributed by atoms with Crippen LogP contribution in [0.1, 0.15) is 38.5 Å². The number of hydrogen-bond acceptors (Lipinski definition) is 4. The van der Waals surface area contributed by atoms with Gasteiger partial charge in [0.05, 0.1) is 10.9 Å². The number of carbonyl (C=O) groups is 1. The van der Waals surface area contributed by atoms with Gasteiger partial charge in [-0.25, -0.2) is 4.79 Å². The summed E-state index contributed by atoms with van der Waals surface area (Å²) >= 11 is 0. The zero-order valence-electron chi connectivity index (χ0n) is 16.2. The van der Waals surface area contributed by atoms with Gasteiger partial charge in [0, 0.05) is 31.9 Å². The molecule has 1 aliphatic heterocycles. The Bertz CT molecular complexity index is 947. The maximum atomic E-state index is 13.5. The van der Waals surface area contributed by atoms with Crippen molar-refractivity contribution in [2.45, 2.75) is 38.5 Å². The van der Waals surface area contributed by atoms with E-state index in [-0.39, 0.29) is 5.41 Å². The number of anilines is 1. The number of piperazine rings is 1. The Morgan fingerprint density at radius 1 is 1.00 bits per heavy atom. The molecule has 1 N–H and O–H groups in total. The summed E-state index contributed by atoms with van der Waals surface area (Å²) in [7, 11) is 0. The van der Waals surface area contributed by atoms with E-state index in [9.17, 15) is 9.59 Å². The molecule has 0 spiro atoms. The van der Waals surface area contributed by atoms with Crippen molar-refractivity contribution in [2.24, 2.45) is 23.2 Å². The fraction of sp³-hybridized carbons (Fsp3) is 0.636. The minimum Gasteiger partial charge on any atom is -0.408 e. The highest BCUT2D eigenvalue weighted by atomic mass is 16.4. The summed E-state index contributed by atoms with van der Waals surface area (Å²) in [5.41, 5.74) is 2.36. The molecule has 28 heavy (non-hydrogen) atoms. The standard InChI is InChI=1S/C22H27N3O3/c26-20(22-11-14-7-15(12-22)9-16(8-14)13-22)25-5-3-24(4-6-25)17-1-2-19-18(10-17)23-21(27)28-19/h1-2,10,14-16H,3-9,11-13H2,(H,23,27). The summed E-state index contributed by atoms with van der Waals surface area (Å²) in [6.45, 7) is 3.26. The number of hydrogen-bond donors (Lipinski definition) is 1. The zero-order valence-corrected chi connectivity index (χ0v) is 16.2. The first kappa shape index (κ1) is 16.7. The molecule has 1 saturated heterocycles. The molecule has 7 rings (SSSR count). The third-order valence-electron chi connectivity index (χ3n) is 7.83. The molecule has 4 bridgehead atoms. The normalized spacial score (nSPS) is 34.4. The van der Waals surface area contributed by atoms with Crippen LogP contribution in [0.5, 0.6) is 0 Å². The number of nitrogens with zero attached hydrogens (tertiary/aromatic N) is 2. The van der Waals surface area contributed by atoms with Gasteiger partial charge in [-0.1, -0.05) is 0 Å². The van der Waals surface area contributed by atoms with Crippen LogP contribution in [0.25, 0.3) is 11.1 Å². The molecule has 0 atom stereocenters. The average molecular weight is 381 g/mol. The predicted molar refractivity (Wildman–Crippen MR) is 106 cm³/mol. The maximum Gasteiger partial charge on any atom is 0.417 e. The van der Waals surface area contributed by atoms with E-state index < -0.39 is 5.76 Å². The van der Waals surface area contributed by atoms with E-state index in [4.69, 9.17) is 4.42 Å². The first-order chi connectivity index (χ1) is 13.6. The van der Waals surface area contributed by atoms with Gasteiger partial charge < -0.3 is 14.2 Å². The van der Waals surface area contributed by atoms with Crippen molar-refractivity contribution in [1.29, 1.82) is 0 Å². The second kappa shape index (κ2) is 5.88. The highest BCUT2D eigenvalue weighted by Crippen LogP contribution is 2.60. The van der Waals surface area contributed by atoms with Gasteiger partial charge in [0.1, 0.15) is 0 Å². The van der Waals surface area contributed by atoms with Crippen LogP contribution in [0.3, 0.4) is 0 Å². The van der Waals surface area contributed by atoms with Gasteiger partial charge in [0.25, 0.3) is 0 Å². The van der Waals surface area contributed by atoms with Crippen molar-refractivity contribution in [3.8, 4) is 0 Å². The van der Waals surface area contributed by atoms with E-state index in [1.165, 1.54) is 19.3 Å². The van der Waals surface area contributed by atoms with Gasteiger partial charge in [-0.15, -0.1) is 0 Å². The smallest absolute Gasteiger partial charge is 0.408 e. The molecule has 1 amide bonds. The molecule has 2 aromatic rings. The lowest BCUT2D eigenvalue weighted by molar-refractivity contribution is -0.158. The topological polar surface area (TPSA) is 69.6 Å². The fourth-order valence-corrected chi connectivity index (χ4v) is 7.01. The summed E-state index contributed by atoms with van der Waals surface area (Å²) < 4.78 is 5.09. The molecule has 1 aromatic carbocycles. The number of fused-ring (bicyclic) bond motifs is 1. The molecule has 0 unspecified atom stereocenters. The van der Waals surface area contributed by atoms with E-state index in [1.54, 1.807) is 0 Å². The number of nitrogens with one attached hydrogen (secondary N) is 1. The maximum absolute atomic E-state index is 13.5. The van der Waals surface area contributed by atoms with Crippen molar-refractivity contribution in [3.05, 3.63) is 28.7 Å². The number of benzene rings is 1. The molecular formula is C22H27N3O3. The number of H-pyrrole nitrogens is 1. The first-order valence-corrected chi connectivity index (χ1v) is 10.8. The Hall–Kier alpha value is -2.24. The van der Waals surface area contributed by atoms with Gasteiger partial charge in [-0.05, 0) is 74.5 Å². The minimum atomic E-state index is -0.418. The van der Waals surface area contributed by atoms with Gasteiger partial charge in [0.15, 0.2) is 5.58 Å². The molecule has 2 heterocycles. The Morgan fingerprint density at radius 3 is 2.29 bits per heavy atom. The second-order valence-corrected chi connectivity index (χ2v) is 9.67. The molecular weight excluding hydrogens is 354 g/mol. The van der Waals surface area contributed by atoms with Crippen LogP contribution in [0.4, 0.5) is 5.69 Å². The van der Waals surface area contributed by atoms with E-state index in [0.29, 0.717) is 11.5 Å². The number of rotatable bonds is 2. The molecule has 0 radical (unpaired) electrons. The highest BCUT2D eigenvalue weighted by Gasteiger charge is 2.55. The highest BCUT2D eigenvalue weighted by molar-refractivity contribution is 5.84. The molecule has 5 aliphatic rings. The molecule has 4 saturated carbocycles. The molecule has 148 valence electrons. The number of aromatic amines is 1. The quantitative estimate of drug-likeness (QED) is 0.868. The summed E-state index contributed by atoms with van der Waals surface area (Å²) in [6, 6.07) is 5.81. The lowest BCUT2D eigenvalue weighted by Gasteiger charge is -2.57. The van der Waals surface area contributed by atoms with E-state index in [1.807, 2.05) is 18.2 Å². The SMILES string of the molecule is O=C(N1CCN(c2ccc3oc(=O)[nH]c3c2)CC1)C12CC3CC(CC(C3)C1)C2. The van der Waals surface area contributed by atoms with Crippen molar-refractivity contribution in [2.75, 3.05) is 31.1 Å². The van der Waals surface area contributed by atoms with Crippen LogP contribution in [-0.4, -0.2) is 42.0 Å². The molecule has 4 aliphatic carbocycles. The summed E-state index contributed by atoms with van der Waals surface area (Å²) in [4.78, 5) is 32.1. The van der Waals surface area contributed by atoms with E-state index >= 15 is 0 Å². The van der Waals surface area contributed by atoms with Crippen LogP contribution < -0.4 is 10.7 Å². The lowest BCUT2D eigenvalue weighted by Crippen LogP contribution is -2.58. The fourth-order valence-electron chi connectivity index (χ4n) is 7.01. The largest absolute Gasteiger partial charge is 0.417 e. The second-order valence-electron chi connectivity index (χ2n) is 9.67. The number of amides is 1. The lowest BCUT2D eigenvalue weighted by atomic mass is 9.49. The third kappa shape index (κ3) is 2.53. The van der Waals surface area contributed by atoms with Gasteiger partial charge in [0.2, 0.25) is 5.91 Å². The monoisotopic (exact) mass is 381 g/mol. The van der Waals surface area contributed by atoms with Crippen LogP contribution in [-0.2, 0) is 4.79 Å². The number of carbonyl (C=O) groups excluding carboxylic acids is 1. The Balaban J connectivity index is 1.16. The van der Waals surface area contributed by atoms with Crippen LogP contribution in [0, 0.1) is 23.2 Å². The van der Waals surface area contributed by atoms with Crippen LogP contribution in [0.15, 0.2) is 27.4 Å². The third-order valence-corrected chi connectivity index (χ3v) is 7.83. The van der Waals surface area contributed by atoms with Crippen molar-refractivity contribution in [3.63, 3.8) is 0 Å². The Kier molecular flexibility index (Phi) is 3.50. The minimum absolute atomic E-state index is 0.0356. The first-order valence-electron chi connectivity index (χ1n) is 10.8.